The Kier molecular flexibility index (Phi) is 5.20. The number of methoxy groups -OCH3 is 1. The lowest BCUT2D eigenvalue weighted by Gasteiger charge is -2.15. The van der Waals surface area contributed by atoms with E-state index in [0.29, 0.717) is 29.7 Å². The van der Waals surface area contributed by atoms with Crippen LogP contribution in [-0.2, 0) is 13.2 Å². The zero-order chi connectivity index (χ0) is 17.6. The van der Waals surface area contributed by atoms with Crippen LogP contribution in [0.2, 0.25) is 5.02 Å². The van der Waals surface area contributed by atoms with Crippen molar-refractivity contribution in [2.24, 2.45) is 0 Å². The largest absolute Gasteiger partial charge is 0.493 e. The molecular weight excluding hydrogens is 344 g/mol. The van der Waals surface area contributed by atoms with Crippen LogP contribution in [0.15, 0.2) is 42.5 Å². The van der Waals surface area contributed by atoms with Gasteiger partial charge in [0.25, 0.3) is 5.95 Å². The Balaban J connectivity index is 1.73. The topological polar surface area (TPSA) is 100 Å². The van der Waals surface area contributed by atoms with E-state index in [2.05, 4.69) is 21.0 Å². The second-order valence-electron chi connectivity index (χ2n) is 5.17. The van der Waals surface area contributed by atoms with Crippen LogP contribution in [-0.4, -0.2) is 27.4 Å². The number of nitrogens with one attached hydrogen (secondary N) is 1. The molecule has 2 aromatic carbocycles. The Bertz CT molecular complexity index is 840. The number of nitrogen functional groups attached to an aromatic ring is 1. The highest BCUT2D eigenvalue weighted by atomic mass is 35.5. The molecular formula is C16H17ClN6O2. The van der Waals surface area contributed by atoms with Crippen LogP contribution < -0.4 is 20.6 Å². The third kappa shape index (κ3) is 4.10. The third-order valence-electron chi connectivity index (χ3n) is 3.44. The molecule has 0 spiro atoms. The number of hydrogen-bond acceptors (Lipinski definition) is 7. The van der Waals surface area contributed by atoms with E-state index in [1.165, 1.54) is 4.79 Å². The molecule has 0 unspecified atom stereocenters. The minimum atomic E-state index is 0.167. The number of rotatable bonds is 7. The minimum absolute atomic E-state index is 0.167. The first kappa shape index (κ1) is 16.8. The van der Waals surface area contributed by atoms with Gasteiger partial charge in [-0.25, -0.2) is 0 Å². The highest BCUT2D eigenvalue weighted by Crippen LogP contribution is 2.37. The summed E-state index contributed by atoms with van der Waals surface area (Å²) in [5.41, 5.74) is 10.5. The van der Waals surface area contributed by atoms with E-state index in [-0.39, 0.29) is 5.95 Å². The first-order chi connectivity index (χ1) is 12.2. The molecule has 3 N–H and O–H groups in total. The predicted octanol–water partition coefficient (Wildman–Crippen LogP) is 2.24. The summed E-state index contributed by atoms with van der Waals surface area (Å²) < 4.78 is 11.2. The van der Waals surface area contributed by atoms with Crippen LogP contribution in [0.3, 0.4) is 0 Å². The number of nitrogens with zero attached hydrogens (tertiary/aromatic N) is 4. The molecule has 0 radical (unpaired) electrons. The molecule has 0 bridgehead atoms. The molecule has 0 saturated carbocycles. The van der Waals surface area contributed by atoms with Crippen LogP contribution in [0.4, 0.5) is 5.95 Å². The number of hydrogen-bond donors (Lipinski definition) is 2. The van der Waals surface area contributed by atoms with Gasteiger partial charge >= 0.3 is 0 Å². The molecule has 130 valence electrons. The molecule has 0 aliphatic rings. The molecule has 0 aliphatic heterocycles. The van der Waals surface area contributed by atoms with Crippen molar-refractivity contribution in [3.63, 3.8) is 0 Å². The molecule has 25 heavy (non-hydrogen) atoms. The fourth-order valence-corrected chi connectivity index (χ4v) is 2.51. The SMILES string of the molecule is COc1cc(CNn2nnnc2N)cc(Cl)c1OCc1ccccc1. The van der Waals surface area contributed by atoms with Crippen molar-refractivity contribution in [3.8, 4) is 11.5 Å². The molecule has 8 nitrogen and oxygen atoms in total. The number of tetrazole rings is 1. The van der Waals surface area contributed by atoms with E-state index >= 15 is 0 Å². The van der Waals surface area contributed by atoms with E-state index in [1.54, 1.807) is 13.2 Å². The molecule has 9 heteroatoms. The Labute approximate surface area is 149 Å². The summed E-state index contributed by atoms with van der Waals surface area (Å²) in [6.45, 7) is 0.806. The predicted molar refractivity (Wildman–Crippen MR) is 94.1 cm³/mol. The molecule has 0 amide bonds. The average Bonchev–Trinajstić information content (AvgIpc) is 3.04. The number of anilines is 1. The number of ether oxygens (including phenoxy) is 2. The van der Waals surface area contributed by atoms with Crippen LogP contribution in [0, 0.1) is 0 Å². The molecule has 1 aromatic heterocycles. The summed E-state index contributed by atoms with van der Waals surface area (Å²) in [5, 5.41) is 11.2. The minimum Gasteiger partial charge on any atom is -0.493 e. The number of halogens is 1. The summed E-state index contributed by atoms with van der Waals surface area (Å²) >= 11 is 6.37. The summed E-state index contributed by atoms with van der Waals surface area (Å²) in [6, 6.07) is 13.5. The fourth-order valence-electron chi connectivity index (χ4n) is 2.22. The van der Waals surface area contributed by atoms with Crippen LogP contribution in [0.25, 0.3) is 0 Å². The lowest BCUT2D eigenvalue weighted by Crippen LogP contribution is -2.18. The fraction of sp³-hybridized carbons (Fsp3) is 0.188. The molecule has 0 atom stereocenters. The number of nitrogens with two attached hydrogens (primary N) is 1. The van der Waals surface area contributed by atoms with Gasteiger partial charge in [-0.05, 0) is 33.7 Å². The molecule has 1 heterocycles. The Hall–Kier alpha value is -3.00. The van der Waals surface area contributed by atoms with Gasteiger partial charge in [0.1, 0.15) is 6.61 Å². The molecule has 3 aromatic rings. The zero-order valence-electron chi connectivity index (χ0n) is 13.5. The molecule has 0 aliphatic carbocycles. The van der Waals surface area contributed by atoms with Gasteiger partial charge in [-0.3, -0.25) is 0 Å². The second-order valence-corrected chi connectivity index (χ2v) is 5.57. The quantitative estimate of drug-likeness (QED) is 0.666. The first-order valence-electron chi connectivity index (χ1n) is 7.48. The number of aromatic nitrogens is 4. The van der Waals surface area contributed by atoms with Gasteiger partial charge in [-0.1, -0.05) is 47.0 Å². The van der Waals surface area contributed by atoms with Crippen LogP contribution in [0.5, 0.6) is 11.5 Å². The third-order valence-corrected chi connectivity index (χ3v) is 3.72. The summed E-state index contributed by atoms with van der Waals surface area (Å²) in [4.78, 5) is 1.28. The summed E-state index contributed by atoms with van der Waals surface area (Å²) in [6.07, 6.45) is 0. The monoisotopic (exact) mass is 360 g/mol. The highest BCUT2D eigenvalue weighted by Gasteiger charge is 2.13. The average molecular weight is 361 g/mol. The summed E-state index contributed by atoms with van der Waals surface area (Å²) in [7, 11) is 1.57. The maximum atomic E-state index is 6.37. The summed E-state index contributed by atoms with van der Waals surface area (Å²) in [5.74, 6) is 1.21. The van der Waals surface area contributed by atoms with E-state index < -0.39 is 0 Å². The molecule has 0 saturated heterocycles. The van der Waals surface area contributed by atoms with Crippen molar-refractivity contribution < 1.29 is 9.47 Å². The lowest BCUT2D eigenvalue weighted by atomic mass is 10.2. The van der Waals surface area contributed by atoms with Gasteiger partial charge in [0, 0.05) is 0 Å². The highest BCUT2D eigenvalue weighted by molar-refractivity contribution is 6.32. The Morgan fingerprint density at radius 3 is 2.68 bits per heavy atom. The van der Waals surface area contributed by atoms with Gasteiger partial charge < -0.3 is 20.6 Å². The first-order valence-corrected chi connectivity index (χ1v) is 7.86. The van der Waals surface area contributed by atoms with E-state index in [4.69, 9.17) is 26.8 Å². The van der Waals surface area contributed by atoms with Crippen molar-refractivity contribution in [2.75, 3.05) is 18.3 Å². The smallest absolute Gasteiger partial charge is 0.260 e. The van der Waals surface area contributed by atoms with Crippen LogP contribution >= 0.6 is 11.6 Å². The Morgan fingerprint density at radius 2 is 2.00 bits per heavy atom. The van der Waals surface area contributed by atoms with E-state index in [9.17, 15) is 0 Å². The van der Waals surface area contributed by atoms with Gasteiger partial charge in [0.05, 0.1) is 18.7 Å². The maximum Gasteiger partial charge on any atom is 0.260 e. The van der Waals surface area contributed by atoms with Crippen molar-refractivity contribution in [1.29, 1.82) is 0 Å². The zero-order valence-corrected chi connectivity index (χ0v) is 14.3. The van der Waals surface area contributed by atoms with Crippen molar-refractivity contribution in [3.05, 3.63) is 58.6 Å². The van der Waals surface area contributed by atoms with Crippen molar-refractivity contribution in [1.82, 2.24) is 20.3 Å². The van der Waals surface area contributed by atoms with E-state index in [0.717, 1.165) is 11.1 Å². The van der Waals surface area contributed by atoms with Crippen molar-refractivity contribution >= 4 is 17.5 Å². The molecule has 0 fully saturated rings. The van der Waals surface area contributed by atoms with E-state index in [1.807, 2.05) is 36.4 Å². The molecule has 3 rings (SSSR count). The van der Waals surface area contributed by atoms with Gasteiger partial charge in [-0.2, -0.15) is 0 Å². The normalized spacial score (nSPS) is 10.5. The van der Waals surface area contributed by atoms with Gasteiger partial charge in [0.15, 0.2) is 11.5 Å². The van der Waals surface area contributed by atoms with Gasteiger partial charge in [0.2, 0.25) is 0 Å². The second kappa shape index (κ2) is 7.71. The van der Waals surface area contributed by atoms with Crippen molar-refractivity contribution in [2.45, 2.75) is 13.2 Å². The standard InChI is InChI=1S/C16H17ClN6O2/c1-24-14-8-12(9-19-23-16(18)20-21-22-23)7-13(17)15(14)25-10-11-5-3-2-4-6-11/h2-8,19H,9-10H2,1H3,(H2,18,20,22). The number of benzene rings is 2. The van der Waals surface area contributed by atoms with Crippen LogP contribution in [0.1, 0.15) is 11.1 Å². The lowest BCUT2D eigenvalue weighted by molar-refractivity contribution is 0.284. The Morgan fingerprint density at radius 1 is 1.20 bits per heavy atom. The maximum absolute atomic E-state index is 6.37. The van der Waals surface area contributed by atoms with Gasteiger partial charge in [-0.15, -0.1) is 4.79 Å².